The van der Waals surface area contributed by atoms with Crippen LogP contribution in [0.1, 0.15) is 41.9 Å². The van der Waals surface area contributed by atoms with E-state index in [1.165, 1.54) is 11.3 Å². The van der Waals surface area contributed by atoms with Crippen molar-refractivity contribution in [2.45, 2.75) is 39.2 Å². The monoisotopic (exact) mass is 381 g/mol. The number of aryl methyl sites for hydroxylation is 1. The second-order valence-corrected chi connectivity index (χ2v) is 7.54. The van der Waals surface area contributed by atoms with Crippen molar-refractivity contribution in [3.8, 4) is 0 Å². The Hall–Kier alpha value is 0.130. The van der Waals surface area contributed by atoms with Crippen molar-refractivity contribution in [1.82, 2.24) is 5.32 Å². The first kappa shape index (κ1) is 15.2. The van der Waals surface area contributed by atoms with E-state index in [0.717, 1.165) is 32.4 Å². The Bertz CT molecular complexity index is 386. The molecule has 0 aliphatic rings. The van der Waals surface area contributed by atoms with Crippen LogP contribution in [-0.4, -0.2) is 16.8 Å². The van der Waals surface area contributed by atoms with E-state index in [2.05, 4.69) is 51.0 Å². The number of hydrogen-bond acceptors (Lipinski definition) is 2. The molecule has 0 saturated heterocycles. The summed E-state index contributed by atoms with van der Waals surface area (Å²) in [5.74, 6) is 0.0223. The molecule has 1 aromatic rings. The van der Waals surface area contributed by atoms with E-state index in [0.29, 0.717) is 0 Å². The van der Waals surface area contributed by atoms with Crippen LogP contribution in [0.2, 0.25) is 0 Å². The molecule has 1 aromatic heterocycles. The van der Waals surface area contributed by atoms with E-state index in [1.807, 2.05) is 13.0 Å². The van der Waals surface area contributed by atoms with E-state index >= 15 is 0 Å². The van der Waals surface area contributed by atoms with Crippen LogP contribution < -0.4 is 5.32 Å². The van der Waals surface area contributed by atoms with E-state index in [4.69, 9.17) is 0 Å². The molecule has 0 fully saturated rings. The summed E-state index contributed by atoms with van der Waals surface area (Å²) in [6.45, 7) is 6.18. The number of carbonyl (C=O) groups excluding carboxylic acids is 1. The zero-order valence-electron chi connectivity index (χ0n) is 10.3. The highest BCUT2D eigenvalue weighted by Gasteiger charge is 2.24. The summed E-state index contributed by atoms with van der Waals surface area (Å²) in [5, 5.41) is 4.02. The average Bonchev–Trinajstić information content (AvgIpc) is 2.60. The van der Waals surface area contributed by atoms with Gasteiger partial charge in [-0.2, -0.15) is 0 Å². The Balaban J connectivity index is 2.77. The summed E-state index contributed by atoms with van der Waals surface area (Å²) in [6, 6.07) is 1.92. The Morgan fingerprint density at radius 1 is 1.59 bits per heavy atom. The van der Waals surface area contributed by atoms with Crippen molar-refractivity contribution in [2.75, 3.05) is 5.33 Å². The molecule has 0 radical (unpaired) electrons. The van der Waals surface area contributed by atoms with Gasteiger partial charge in [0.2, 0.25) is 0 Å². The number of hydrogen-bond donors (Lipinski definition) is 1. The summed E-state index contributed by atoms with van der Waals surface area (Å²) in [4.78, 5) is 12.9. The largest absolute Gasteiger partial charge is 0.346 e. The van der Waals surface area contributed by atoms with E-state index < -0.39 is 0 Å². The molecule has 1 rings (SSSR count). The third kappa shape index (κ3) is 4.07. The van der Waals surface area contributed by atoms with Gasteiger partial charge in [-0.1, -0.05) is 22.9 Å². The molecule has 0 saturated carbocycles. The highest BCUT2D eigenvalue weighted by atomic mass is 79.9. The number of rotatable bonds is 5. The van der Waals surface area contributed by atoms with Gasteiger partial charge in [0.1, 0.15) is 0 Å². The number of nitrogens with one attached hydrogen (secondary N) is 1. The van der Waals surface area contributed by atoms with Crippen LogP contribution in [0.15, 0.2) is 9.85 Å². The van der Waals surface area contributed by atoms with Crippen LogP contribution in [0.3, 0.4) is 0 Å². The predicted octanol–water partition coefficient (Wildman–Crippen LogP) is 4.50. The Morgan fingerprint density at radius 2 is 2.24 bits per heavy atom. The van der Waals surface area contributed by atoms with Crippen LogP contribution in [0.4, 0.5) is 0 Å². The van der Waals surface area contributed by atoms with Gasteiger partial charge in [-0.15, -0.1) is 11.3 Å². The topological polar surface area (TPSA) is 29.1 Å². The number of halogens is 2. The Labute approximate surface area is 123 Å². The second-order valence-electron chi connectivity index (χ2n) is 4.37. The van der Waals surface area contributed by atoms with Crippen molar-refractivity contribution >= 4 is 49.1 Å². The minimum Gasteiger partial charge on any atom is -0.346 e. The van der Waals surface area contributed by atoms with Gasteiger partial charge in [0.05, 0.1) is 8.66 Å². The minimum atomic E-state index is -0.134. The smallest absolute Gasteiger partial charge is 0.261 e. The first-order chi connectivity index (χ1) is 7.91. The highest BCUT2D eigenvalue weighted by Crippen LogP contribution is 2.28. The fourth-order valence-corrected chi connectivity index (χ4v) is 3.75. The van der Waals surface area contributed by atoms with Crippen molar-refractivity contribution < 1.29 is 4.79 Å². The van der Waals surface area contributed by atoms with Crippen LogP contribution >= 0.6 is 43.2 Å². The molecule has 0 aliphatic carbocycles. The zero-order chi connectivity index (χ0) is 13.1. The summed E-state index contributed by atoms with van der Waals surface area (Å²) in [5.41, 5.74) is 0.976. The maximum Gasteiger partial charge on any atom is 0.261 e. The lowest BCUT2D eigenvalue weighted by Crippen LogP contribution is -2.45. The molecule has 1 heterocycles. The summed E-state index contributed by atoms with van der Waals surface area (Å²) < 4.78 is 1.03. The fourth-order valence-electron chi connectivity index (χ4n) is 1.44. The molecular weight excluding hydrogens is 366 g/mol. The average molecular weight is 383 g/mol. The molecule has 1 amide bonds. The van der Waals surface area contributed by atoms with Crippen molar-refractivity contribution in [1.29, 1.82) is 0 Å². The van der Waals surface area contributed by atoms with Crippen LogP contribution in [-0.2, 0) is 0 Å². The van der Waals surface area contributed by atoms with Crippen LogP contribution in [0.5, 0.6) is 0 Å². The molecule has 0 bridgehead atoms. The van der Waals surface area contributed by atoms with Gasteiger partial charge in [-0.25, -0.2) is 0 Å². The second kappa shape index (κ2) is 6.34. The lowest BCUT2D eigenvalue weighted by molar-refractivity contribution is 0.0906. The van der Waals surface area contributed by atoms with Crippen molar-refractivity contribution in [2.24, 2.45) is 0 Å². The molecule has 96 valence electrons. The third-order valence-corrected chi connectivity index (χ3v) is 5.45. The normalized spacial score (nSPS) is 14.4. The van der Waals surface area contributed by atoms with E-state index in [1.54, 1.807) is 0 Å². The zero-order valence-corrected chi connectivity index (χ0v) is 14.3. The molecule has 1 atom stereocenters. The maximum absolute atomic E-state index is 12.1. The summed E-state index contributed by atoms with van der Waals surface area (Å²) in [6.07, 6.45) is 1.86. The predicted molar refractivity (Wildman–Crippen MR) is 81.3 cm³/mol. The molecule has 1 unspecified atom stereocenters. The molecule has 0 aromatic carbocycles. The molecule has 2 nitrogen and oxygen atoms in total. The van der Waals surface area contributed by atoms with Gasteiger partial charge in [0, 0.05) is 10.9 Å². The molecular formula is C12H17Br2NOS. The first-order valence-corrected chi connectivity index (χ1v) is 8.29. The van der Waals surface area contributed by atoms with Crippen LogP contribution in [0.25, 0.3) is 0 Å². The van der Waals surface area contributed by atoms with Gasteiger partial charge < -0.3 is 5.32 Å². The first-order valence-electron chi connectivity index (χ1n) is 5.56. The molecule has 5 heteroatoms. The van der Waals surface area contributed by atoms with Gasteiger partial charge >= 0.3 is 0 Å². The molecule has 1 N–H and O–H groups in total. The van der Waals surface area contributed by atoms with Gasteiger partial charge in [-0.05, 0) is 54.2 Å². The molecule has 0 aliphatic heterocycles. The third-order valence-electron chi connectivity index (χ3n) is 2.92. The molecule has 0 spiro atoms. The standard InChI is InChI=1S/C12H17Br2NOS/c1-4-12(3,5-6-13)15-11(16)9-7-8(2)10(14)17-9/h7H,4-6H2,1-3H3,(H,15,16). The van der Waals surface area contributed by atoms with Gasteiger partial charge in [0.25, 0.3) is 5.91 Å². The maximum atomic E-state index is 12.1. The van der Waals surface area contributed by atoms with Crippen molar-refractivity contribution in [3.05, 3.63) is 20.3 Å². The van der Waals surface area contributed by atoms with Crippen LogP contribution in [0, 0.1) is 6.92 Å². The van der Waals surface area contributed by atoms with E-state index in [-0.39, 0.29) is 11.4 Å². The minimum absolute atomic E-state index is 0.0223. The lowest BCUT2D eigenvalue weighted by Gasteiger charge is -2.28. The molecule has 17 heavy (non-hydrogen) atoms. The fraction of sp³-hybridized carbons (Fsp3) is 0.583. The van der Waals surface area contributed by atoms with Gasteiger partial charge in [0.15, 0.2) is 0 Å². The van der Waals surface area contributed by atoms with E-state index in [9.17, 15) is 4.79 Å². The lowest BCUT2D eigenvalue weighted by atomic mass is 9.95. The summed E-state index contributed by atoms with van der Waals surface area (Å²) in [7, 11) is 0. The quantitative estimate of drug-likeness (QED) is 0.746. The summed E-state index contributed by atoms with van der Waals surface area (Å²) >= 11 is 8.36. The SMILES string of the molecule is CCC(C)(CCBr)NC(=O)c1cc(C)c(Br)s1. The Morgan fingerprint density at radius 3 is 2.65 bits per heavy atom. The van der Waals surface area contributed by atoms with Crippen molar-refractivity contribution in [3.63, 3.8) is 0 Å². The number of carbonyl (C=O) groups is 1. The number of amides is 1. The highest BCUT2D eigenvalue weighted by molar-refractivity contribution is 9.11. The van der Waals surface area contributed by atoms with Gasteiger partial charge in [-0.3, -0.25) is 4.79 Å². The number of alkyl halides is 1. The number of thiophene rings is 1. The Kier molecular flexibility index (Phi) is 5.67.